The number of esters is 1. The van der Waals surface area contributed by atoms with Crippen LogP contribution in [0.5, 0.6) is 0 Å². The molecule has 0 unspecified atom stereocenters. The molecule has 3 rings (SSSR count). The Morgan fingerprint density at radius 3 is 2.54 bits per heavy atom. The standard InChI is InChI=1S/C17H22N4O4S/c1-2-25-17(22)15-12-16(19-18-15)26(23,24)21-10-8-20(9-11-21)13-14-6-4-3-5-7-14/h3-7,12H,2,8-11,13H2,1H3,(H,18,19). The van der Waals surface area contributed by atoms with Crippen molar-refractivity contribution in [2.24, 2.45) is 0 Å². The Morgan fingerprint density at radius 1 is 1.19 bits per heavy atom. The third-order valence-electron chi connectivity index (χ3n) is 4.24. The van der Waals surface area contributed by atoms with E-state index in [1.54, 1.807) is 6.92 Å². The Kier molecular flexibility index (Phi) is 5.70. The predicted molar refractivity (Wildman–Crippen MR) is 95.0 cm³/mol. The van der Waals surface area contributed by atoms with Gasteiger partial charge >= 0.3 is 5.97 Å². The first-order valence-electron chi connectivity index (χ1n) is 8.49. The zero-order valence-electron chi connectivity index (χ0n) is 14.6. The van der Waals surface area contributed by atoms with Gasteiger partial charge in [-0.2, -0.15) is 9.40 Å². The molecular weight excluding hydrogens is 356 g/mol. The number of sulfonamides is 1. The van der Waals surface area contributed by atoms with Crippen molar-refractivity contribution in [3.63, 3.8) is 0 Å². The van der Waals surface area contributed by atoms with Gasteiger partial charge in [-0.3, -0.25) is 10.00 Å². The number of aromatic nitrogens is 2. The van der Waals surface area contributed by atoms with Gasteiger partial charge in [-0.15, -0.1) is 0 Å². The lowest BCUT2D eigenvalue weighted by Crippen LogP contribution is -2.48. The molecule has 0 spiro atoms. The van der Waals surface area contributed by atoms with Crippen LogP contribution in [0.2, 0.25) is 0 Å². The van der Waals surface area contributed by atoms with Crippen molar-refractivity contribution >= 4 is 16.0 Å². The zero-order chi connectivity index (χ0) is 18.6. The van der Waals surface area contributed by atoms with Crippen LogP contribution in [-0.2, 0) is 21.3 Å². The molecule has 2 heterocycles. The molecule has 0 aliphatic carbocycles. The Hall–Kier alpha value is -2.23. The molecule has 1 aliphatic heterocycles. The van der Waals surface area contributed by atoms with Crippen molar-refractivity contribution in [3.05, 3.63) is 47.7 Å². The summed E-state index contributed by atoms with van der Waals surface area (Å²) in [5, 5.41) is 6.10. The van der Waals surface area contributed by atoms with Crippen molar-refractivity contribution in [2.75, 3.05) is 32.8 Å². The molecule has 1 saturated heterocycles. The number of aromatic amines is 1. The highest BCUT2D eigenvalue weighted by Gasteiger charge is 2.30. The molecule has 0 saturated carbocycles. The third kappa shape index (κ3) is 4.12. The molecule has 140 valence electrons. The van der Waals surface area contributed by atoms with Crippen LogP contribution in [0.15, 0.2) is 41.4 Å². The van der Waals surface area contributed by atoms with Crippen LogP contribution < -0.4 is 0 Å². The maximum Gasteiger partial charge on any atom is 0.358 e. The number of rotatable bonds is 6. The first-order valence-corrected chi connectivity index (χ1v) is 9.93. The van der Waals surface area contributed by atoms with Gasteiger partial charge in [-0.1, -0.05) is 30.3 Å². The van der Waals surface area contributed by atoms with Crippen molar-refractivity contribution in [2.45, 2.75) is 18.5 Å². The van der Waals surface area contributed by atoms with Gasteiger partial charge in [0.1, 0.15) is 0 Å². The number of hydrogen-bond donors (Lipinski definition) is 1. The zero-order valence-corrected chi connectivity index (χ0v) is 15.4. The Labute approximate surface area is 152 Å². The fourth-order valence-corrected chi connectivity index (χ4v) is 4.20. The molecule has 1 aliphatic rings. The second kappa shape index (κ2) is 7.98. The summed E-state index contributed by atoms with van der Waals surface area (Å²) in [7, 11) is -3.71. The largest absolute Gasteiger partial charge is 0.461 e. The number of carbonyl (C=O) groups excluding carboxylic acids is 1. The summed E-state index contributed by atoms with van der Waals surface area (Å²) in [4.78, 5) is 13.9. The predicted octanol–water partition coefficient (Wildman–Crippen LogP) is 1.09. The SMILES string of the molecule is CCOC(=O)c1cc(S(=O)(=O)N2CCN(Cc3ccccc3)CC2)[nH]n1. The molecule has 0 radical (unpaired) electrons. The van der Waals surface area contributed by atoms with Crippen molar-refractivity contribution in [1.29, 1.82) is 0 Å². The van der Waals surface area contributed by atoms with E-state index in [4.69, 9.17) is 4.74 Å². The second-order valence-corrected chi connectivity index (χ2v) is 7.91. The number of carbonyl (C=O) groups is 1. The van der Waals surface area contributed by atoms with Crippen LogP contribution >= 0.6 is 0 Å². The fraction of sp³-hybridized carbons (Fsp3) is 0.412. The van der Waals surface area contributed by atoms with Gasteiger partial charge in [-0.05, 0) is 12.5 Å². The van der Waals surface area contributed by atoms with Crippen LogP contribution in [0.3, 0.4) is 0 Å². The van der Waals surface area contributed by atoms with E-state index in [0.29, 0.717) is 26.2 Å². The minimum absolute atomic E-state index is 0.0341. The number of piperazine rings is 1. The summed E-state index contributed by atoms with van der Waals surface area (Å²) < 4.78 is 31.7. The van der Waals surface area contributed by atoms with Gasteiger partial charge < -0.3 is 4.74 Å². The van der Waals surface area contributed by atoms with Gasteiger partial charge in [-0.25, -0.2) is 13.2 Å². The average Bonchev–Trinajstić information content (AvgIpc) is 3.14. The molecule has 0 bridgehead atoms. The molecule has 2 aromatic rings. The molecule has 0 atom stereocenters. The quantitative estimate of drug-likeness (QED) is 0.756. The van der Waals surface area contributed by atoms with Gasteiger partial charge in [0.2, 0.25) is 0 Å². The van der Waals surface area contributed by atoms with E-state index in [1.807, 2.05) is 18.2 Å². The van der Waals surface area contributed by atoms with Crippen LogP contribution in [0.1, 0.15) is 23.0 Å². The smallest absolute Gasteiger partial charge is 0.358 e. The number of ether oxygens (including phenoxy) is 1. The third-order valence-corrected chi connectivity index (χ3v) is 6.05. The number of nitrogens with zero attached hydrogens (tertiary/aromatic N) is 3. The summed E-state index contributed by atoms with van der Waals surface area (Å²) in [6, 6.07) is 11.3. The summed E-state index contributed by atoms with van der Waals surface area (Å²) in [5.41, 5.74) is 1.17. The first-order chi connectivity index (χ1) is 12.5. The first kappa shape index (κ1) is 18.6. The molecule has 1 aromatic heterocycles. The Morgan fingerprint density at radius 2 is 1.88 bits per heavy atom. The minimum atomic E-state index is -3.71. The van der Waals surface area contributed by atoms with Crippen LogP contribution in [0.4, 0.5) is 0 Å². The summed E-state index contributed by atoms with van der Waals surface area (Å²) in [6.45, 7) is 4.76. The van der Waals surface area contributed by atoms with E-state index in [1.165, 1.54) is 15.9 Å². The normalized spacial score (nSPS) is 16.5. The Bertz CT molecular complexity index is 843. The average molecular weight is 378 g/mol. The molecule has 1 aromatic carbocycles. The van der Waals surface area contributed by atoms with E-state index in [2.05, 4.69) is 27.2 Å². The highest BCUT2D eigenvalue weighted by Crippen LogP contribution is 2.18. The van der Waals surface area contributed by atoms with E-state index >= 15 is 0 Å². The summed E-state index contributed by atoms with van der Waals surface area (Å²) in [6.07, 6.45) is 0. The topological polar surface area (TPSA) is 95.6 Å². The van der Waals surface area contributed by atoms with Crippen molar-refractivity contribution < 1.29 is 17.9 Å². The summed E-state index contributed by atoms with van der Waals surface area (Å²) in [5.74, 6) is -0.641. The van der Waals surface area contributed by atoms with Crippen molar-refractivity contribution in [1.82, 2.24) is 19.4 Å². The molecule has 8 nitrogen and oxygen atoms in total. The maximum absolute atomic E-state index is 12.7. The van der Waals surface area contributed by atoms with E-state index < -0.39 is 16.0 Å². The molecule has 1 fully saturated rings. The van der Waals surface area contributed by atoms with Gasteiger partial charge in [0.25, 0.3) is 10.0 Å². The monoisotopic (exact) mass is 378 g/mol. The molecule has 1 N–H and O–H groups in total. The number of H-pyrrole nitrogens is 1. The lowest BCUT2D eigenvalue weighted by molar-refractivity contribution is 0.0519. The molecule has 0 amide bonds. The minimum Gasteiger partial charge on any atom is -0.461 e. The van der Waals surface area contributed by atoms with Gasteiger partial charge in [0.05, 0.1) is 6.61 Å². The molecule has 9 heteroatoms. The lowest BCUT2D eigenvalue weighted by Gasteiger charge is -2.33. The lowest BCUT2D eigenvalue weighted by atomic mass is 10.2. The fourth-order valence-electron chi connectivity index (χ4n) is 2.85. The molecule has 26 heavy (non-hydrogen) atoms. The Balaban J connectivity index is 1.62. The van der Waals surface area contributed by atoms with Gasteiger partial charge in [0, 0.05) is 38.8 Å². The molecular formula is C17H22N4O4S. The van der Waals surface area contributed by atoms with Crippen LogP contribution in [0.25, 0.3) is 0 Å². The van der Waals surface area contributed by atoms with E-state index in [9.17, 15) is 13.2 Å². The maximum atomic E-state index is 12.7. The van der Waals surface area contributed by atoms with Crippen molar-refractivity contribution in [3.8, 4) is 0 Å². The van der Waals surface area contributed by atoms with Crippen LogP contribution in [0, 0.1) is 0 Å². The summed E-state index contributed by atoms with van der Waals surface area (Å²) >= 11 is 0. The second-order valence-electron chi connectivity index (χ2n) is 6.00. The number of nitrogens with one attached hydrogen (secondary N) is 1. The van der Waals surface area contributed by atoms with E-state index in [-0.39, 0.29) is 17.3 Å². The van der Waals surface area contributed by atoms with Gasteiger partial charge in [0.15, 0.2) is 10.7 Å². The number of hydrogen-bond acceptors (Lipinski definition) is 6. The highest BCUT2D eigenvalue weighted by molar-refractivity contribution is 7.89. The highest BCUT2D eigenvalue weighted by atomic mass is 32.2. The number of benzene rings is 1. The van der Waals surface area contributed by atoms with Crippen LogP contribution in [-0.4, -0.2) is 66.6 Å². The van der Waals surface area contributed by atoms with E-state index in [0.717, 1.165) is 6.54 Å².